The second-order valence-electron chi connectivity index (χ2n) is 6.67. The molecule has 1 aromatic heterocycles. The second kappa shape index (κ2) is 7.98. The summed E-state index contributed by atoms with van der Waals surface area (Å²) < 4.78 is 18.9. The number of likely N-dealkylation sites (tertiary alicyclic amines) is 1. The van der Waals surface area contributed by atoms with Gasteiger partial charge in [-0.05, 0) is 61.4 Å². The van der Waals surface area contributed by atoms with Gasteiger partial charge in [0.1, 0.15) is 5.82 Å². The number of nitrogens with one attached hydrogen (secondary N) is 1. The number of carbonyl (C=O) groups is 1. The summed E-state index contributed by atoms with van der Waals surface area (Å²) in [5.41, 5.74) is 1.35. The monoisotopic (exact) mass is 400 g/mol. The van der Waals surface area contributed by atoms with Crippen LogP contribution in [0.4, 0.5) is 14.9 Å². The van der Waals surface area contributed by atoms with Crippen molar-refractivity contribution in [1.82, 2.24) is 15.1 Å². The normalized spacial score (nSPS) is 16.8. The molecule has 0 radical (unpaired) electrons. The first-order chi connectivity index (χ1) is 13.6. The molecule has 28 heavy (non-hydrogen) atoms. The van der Waals surface area contributed by atoms with E-state index in [0.717, 1.165) is 12.8 Å². The van der Waals surface area contributed by atoms with Crippen molar-refractivity contribution < 1.29 is 13.6 Å². The lowest BCUT2D eigenvalue weighted by Crippen LogP contribution is -2.41. The van der Waals surface area contributed by atoms with Crippen LogP contribution in [0.15, 0.2) is 52.9 Å². The predicted octanol–water partition coefficient (Wildman–Crippen LogP) is 4.94. The van der Waals surface area contributed by atoms with E-state index in [9.17, 15) is 9.18 Å². The van der Waals surface area contributed by atoms with Gasteiger partial charge in [-0.1, -0.05) is 11.6 Å². The number of rotatable bonds is 3. The van der Waals surface area contributed by atoms with Gasteiger partial charge in [0, 0.05) is 29.4 Å². The number of amides is 2. The SMILES string of the molecule is O=C(Nc1ccc(Cl)cc1)N1CCCC(c2nnc(-c3ccc(F)cc3)o2)C1. The Bertz CT molecular complexity index is 959. The van der Waals surface area contributed by atoms with Crippen molar-refractivity contribution in [3.05, 3.63) is 65.3 Å². The standard InChI is InChI=1S/C20H18ClFN4O2/c21-15-5-9-17(10-6-15)23-20(27)26-11-1-2-14(12-26)19-25-24-18(28-19)13-3-7-16(22)8-4-13/h3-10,14H,1-2,11-12H2,(H,23,27). The van der Waals surface area contributed by atoms with E-state index in [-0.39, 0.29) is 17.8 Å². The third-order valence-electron chi connectivity index (χ3n) is 4.69. The summed E-state index contributed by atoms with van der Waals surface area (Å²) in [7, 11) is 0. The molecule has 2 amide bonds. The Hall–Kier alpha value is -2.93. The molecule has 0 spiro atoms. The summed E-state index contributed by atoms with van der Waals surface area (Å²) in [6.07, 6.45) is 1.70. The zero-order valence-electron chi connectivity index (χ0n) is 14.9. The molecule has 1 unspecified atom stereocenters. The van der Waals surface area contributed by atoms with Crippen LogP contribution in [0.3, 0.4) is 0 Å². The molecular weight excluding hydrogens is 383 g/mol. The van der Waals surface area contributed by atoms with E-state index in [0.29, 0.717) is 41.1 Å². The number of carbonyl (C=O) groups excluding carboxylic acids is 1. The van der Waals surface area contributed by atoms with Crippen LogP contribution in [0, 0.1) is 5.82 Å². The highest BCUT2D eigenvalue weighted by molar-refractivity contribution is 6.30. The maximum Gasteiger partial charge on any atom is 0.321 e. The molecule has 8 heteroatoms. The molecule has 1 aliphatic rings. The van der Waals surface area contributed by atoms with Gasteiger partial charge in [0.15, 0.2) is 0 Å². The van der Waals surface area contributed by atoms with Gasteiger partial charge in [0.05, 0.1) is 5.92 Å². The molecule has 144 valence electrons. The molecule has 0 aliphatic carbocycles. The van der Waals surface area contributed by atoms with E-state index in [4.69, 9.17) is 16.0 Å². The molecule has 0 bridgehead atoms. The Labute approximate surface area is 166 Å². The molecule has 1 saturated heterocycles. The number of benzene rings is 2. The van der Waals surface area contributed by atoms with Crippen molar-refractivity contribution in [3.63, 3.8) is 0 Å². The summed E-state index contributed by atoms with van der Waals surface area (Å²) in [6.45, 7) is 1.15. The first kappa shape index (κ1) is 18.4. The molecule has 0 saturated carbocycles. The molecule has 2 heterocycles. The number of anilines is 1. The van der Waals surface area contributed by atoms with Gasteiger partial charge in [0.2, 0.25) is 11.8 Å². The largest absolute Gasteiger partial charge is 0.420 e. The topological polar surface area (TPSA) is 71.3 Å². The minimum atomic E-state index is -0.321. The maximum atomic E-state index is 13.1. The lowest BCUT2D eigenvalue weighted by molar-refractivity contribution is 0.187. The highest BCUT2D eigenvalue weighted by Crippen LogP contribution is 2.29. The van der Waals surface area contributed by atoms with Crippen LogP contribution < -0.4 is 5.32 Å². The minimum Gasteiger partial charge on any atom is -0.420 e. The van der Waals surface area contributed by atoms with Gasteiger partial charge in [0.25, 0.3) is 0 Å². The first-order valence-electron chi connectivity index (χ1n) is 8.99. The summed E-state index contributed by atoms with van der Waals surface area (Å²) in [5.74, 6) is 0.477. The van der Waals surface area contributed by atoms with Gasteiger partial charge >= 0.3 is 6.03 Å². The van der Waals surface area contributed by atoms with Crippen LogP contribution in [-0.4, -0.2) is 34.2 Å². The number of hydrogen-bond donors (Lipinski definition) is 1. The molecule has 1 N–H and O–H groups in total. The van der Waals surface area contributed by atoms with E-state index in [1.54, 1.807) is 41.3 Å². The Morgan fingerprint density at radius 1 is 1.14 bits per heavy atom. The van der Waals surface area contributed by atoms with Crippen LogP contribution in [0.5, 0.6) is 0 Å². The van der Waals surface area contributed by atoms with Gasteiger partial charge in [-0.25, -0.2) is 9.18 Å². The van der Waals surface area contributed by atoms with Crippen LogP contribution in [0.2, 0.25) is 5.02 Å². The lowest BCUT2D eigenvalue weighted by atomic mass is 9.98. The van der Waals surface area contributed by atoms with E-state index < -0.39 is 0 Å². The number of urea groups is 1. The van der Waals surface area contributed by atoms with Crippen LogP contribution in [0.25, 0.3) is 11.5 Å². The molecular formula is C20H18ClFN4O2. The molecule has 4 rings (SSSR count). The van der Waals surface area contributed by atoms with Crippen LogP contribution in [0.1, 0.15) is 24.7 Å². The Kier molecular flexibility index (Phi) is 5.25. The Morgan fingerprint density at radius 2 is 1.89 bits per heavy atom. The Balaban J connectivity index is 1.43. The molecule has 1 fully saturated rings. The average molecular weight is 401 g/mol. The van der Waals surface area contributed by atoms with Crippen molar-refractivity contribution in [3.8, 4) is 11.5 Å². The van der Waals surface area contributed by atoms with E-state index >= 15 is 0 Å². The predicted molar refractivity (Wildman–Crippen MR) is 104 cm³/mol. The number of nitrogens with zero attached hydrogens (tertiary/aromatic N) is 3. The molecule has 3 aromatic rings. The fourth-order valence-corrected chi connectivity index (χ4v) is 3.33. The van der Waals surface area contributed by atoms with E-state index in [1.807, 2.05) is 0 Å². The van der Waals surface area contributed by atoms with Crippen LogP contribution in [-0.2, 0) is 0 Å². The summed E-state index contributed by atoms with van der Waals surface area (Å²) >= 11 is 5.87. The smallest absolute Gasteiger partial charge is 0.321 e. The maximum absolute atomic E-state index is 13.1. The number of aromatic nitrogens is 2. The zero-order valence-corrected chi connectivity index (χ0v) is 15.7. The average Bonchev–Trinajstić information content (AvgIpc) is 3.21. The van der Waals surface area contributed by atoms with Gasteiger partial charge in [-0.15, -0.1) is 10.2 Å². The van der Waals surface area contributed by atoms with E-state index in [1.165, 1.54) is 12.1 Å². The number of halogens is 2. The third-order valence-corrected chi connectivity index (χ3v) is 4.94. The lowest BCUT2D eigenvalue weighted by Gasteiger charge is -2.31. The fraction of sp³-hybridized carbons (Fsp3) is 0.250. The molecule has 6 nitrogen and oxygen atoms in total. The van der Waals surface area contributed by atoms with Gasteiger partial charge < -0.3 is 14.6 Å². The molecule has 1 atom stereocenters. The number of hydrogen-bond acceptors (Lipinski definition) is 4. The van der Waals surface area contributed by atoms with Crippen LogP contribution >= 0.6 is 11.6 Å². The van der Waals surface area contributed by atoms with Crippen molar-refractivity contribution in [2.75, 3.05) is 18.4 Å². The third kappa shape index (κ3) is 4.14. The highest BCUT2D eigenvalue weighted by atomic mass is 35.5. The van der Waals surface area contributed by atoms with Crippen molar-refractivity contribution in [1.29, 1.82) is 0 Å². The van der Waals surface area contributed by atoms with Crippen molar-refractivity contribution in [2.24, 2.45) is 0 Å². The molecule has 2 aromatic carbocycles. The van der Waals surface area contributed by atoms with Gasteiger partial charge in [-0.3, -0.25) is 0 Å². The summed E-state index contributed by atoms with van der Waals surface area (Å²) in [6, 6.07) is 12.7. The van der Waals surface area contributed by atoms with Crippen molar-refractivity contribution in [2.45, 2.75) is 18.8 Å². The molecule has 1 aliphatic heterocycles. The van der Waals surface area contributed by atoms with Crippen molar-refractivity contribution >= 4 is 23.3 Å². The summed E-state index contributed by atoms with van der Waals surface area (Å²) in [5, 5.41) is 11.7. The first-order valence-corrected chi connectivity index (χ1v) is 9.37. The Morgan fingerprint density at radius 3 is 2.64 bits per heavy atom. The zero-order chi connectivity index (χ0) is 19.5. The van der Waals surface area contributed by atoms with Gasteiger partial charge in [-0.2, -0.15) is 0 Å². The second-order valence-corrected chi connectivity index (χ2v) is 7.11. The quantitative estimate of drug-likeness (QED) is 0.675. The number of piperidine rings is 1. The highest BCUT2D eigenvalue weighted by Gasteiger charge is 2.28. The fourth-order valence-electron chi connectivity index (χ4n) is 3.21. The summed E-state index contributed by atoms with van der Waals surface area (Å²) in [4.78, 5) is 14.3. The van der Waals surface area contributed by atoms with E-state index in [2.05, 4.69) is 15.5 Å². The minimum absolute atomic E-state index is 0.0357.